The van der Waals surface area contributed by atoms with Crippen molar-refractivity contribution in [2.45, 2.75) is 70.4 Å². The Balaban J connectivity index is 1.98. The summed E-state index contributed by atoms with van der Waals surface area (Å²) in [7, 11) is 0. The molecule has 2 rings (SSSR count). The molecule has 0 radical (unpaired) electrons. The van der Waals surface area contributed by atoms with E-state index in [2.05, 4.69) is 17.6 Å². The van der Waals surface area contributed by atoms with Crippen LogP contribution in [0.5, 0.6) is 0 Å². The molecule has 0 bridgehead atoms. The zero-order valence-corrected chi connectivity index (χ0v) is 12.1. The lowest BCUT2D eigenvalue weighted by molar-refractivity contribution is -0.134. The zero-order chi connectivity index (χ0) is 13.7. The number of carbonyl (C=O) groups excluding carboxylic acids is 1. The molecule has 2 aliphatic rings. The van der Waals surface area contributed by atoms with Crippen molar-refractivity contribution >= 4 is 5.91 Å². The molecule has 3 N–H and O–H groups in total. The van der Waals surface area contributed by atoms with E-state index in [1.165, 1.54) is 0 Å². The first-order valence-electron chi connectivity index (χ1n) is 7.88. The molecule has 0 aromatic heterocycles. The fraction of sp³-hybridized carbons (Fsp3) is 0.933. The van der Waals surface area contributed by atoms with Gasteiger partial charge in [-0.15, -0.1) is 0 Å². The van der Waals surface area contributed by atoms with Crippen molar-refractivity contribution in [1.29, 1.82) is 0 Å². The van der Waals surface area contributed by atoms with Crippen LogP contribution in [0.25, 0.3) is 0 Å². The average Bonchev–Trinajstić information content (AvgIpc) is 2.42. The van der Waals surface area contributed by atoms with Gasteiger partial charge in [-0.3, -0.25) is 4.79 Å². The van der Waals surface area contributed by atoms with E-state index >= 15 is 0 Å². The van der Waals surface area contributed by atoms with E-state index in [0.29, 0.717) is 0 Å². The van der Waals surface area contributed by atoms with Crippen LogP contribution in [-0.2, 0) is 4.79 Å². The molecular formula is C15H28N2O2. The van der Waals surface area contributed by atoms with Crippen LogP contribution in [0.2, 0.25) is 0 Å². The molecule has 1 saturated heterocycles. The van der Waals surface area contributed by atoms with Gasteiger partial charge in [-0.05, 0) is 38.6 Å². The van der Waals surface area contributed by atoms with E-state index in [0.717, 1.165) is 64.5 Å². The molecule has 0 aromatic rings. The van der Waals surface area contributed by atoms with Gasteiger partial charge in [0, 0.05) is 6.54 Å². The quantitative estimate of drug-likeness (QED) is 0.725. The number of rotatable bonds is 4. The molecule has 19 heavy (non-hydrogen) atoms. The predicted octanol–water partition coefficient (Wildman–Crippen LogP) is 1.58. The van der Waals surface area contributed by atoms with Gasteiger partial charge in [0.15, 0.2) is 0 Å². The second-order valence-corrected chi connectivity index (χ2v) is 6.24. The van der Waals surface area contributed by atoms with E-state index < -0.39 is 0 Å². The Hall–Kier alpha value is -0.610. The summed E-state index contributed by atoms with van der Waals surface area (Å²) in [4.78, 5) is 12.7. The molecule has 2 fully saturated rings. The van der Waals surface area contributed by atoms with Gasteiger partial charge in [0.25, 0.3) is 0 Å². The summed E-state index contributed by atoms with van der Waals surface area (Å²) in [6, 6.07) is -0.0306. The maximum Gasteiger partial charge on any atom is 0.227 e. The second-order valence-electron chi connectivity index (χ2n) is 6.24. The lowest BCUT2D eigenvalue weighted by Gasteiger charge is -2.39. The third-order valence-corrected chi connectivity index (χ3v) is 4.73. The van der Waals surface area contributed by atoms with Crippen LogP contribution >= 0.6 is 0 Å². The molecule has 0 aromatic carbocycles. The Morgan fingerprint density at radius 3 is 2.79 bits per heavy atom. The molecule has 3 atom stereocenters. The van der Waals surface area contributed by atoms with Gasteiger partial charge in [-0.25, -0.2) is 0 Å². The molecule has 1 saturated carbocycles. The summed E-state index contributed by atoms with van der Waals surface area (Å²) in [6.45, 7) is 3.94. The number of amides is 1. The first-order chi connectivity index (χ1) is 9.18. The normalized spacial score (nSPS) is 35.9. The highest BCUT2D eigenvalue weighted by Gasteiger charge is 2.40. The molecule has 1 amide bonds. The van der Waals surface area contributed by atoms with Crippen molar-refractivity contribution in [1.82, 2.24) is 10.6 Å². The number of carbonyl (C=O) groups is 1. The van der Waals surface area contributed by atoms with E-state index in [1.54, 1.807) is 0 Å². The lowest BCUT2D eigenvalue weighted by Crippen LogP contribution is -2.55. The van der Waals surface area contributed by atoms with Crippen LogP contribution in [0.3, 0.4) is 0 Å². The summed E-state index contributed by atoms with van der Waals surface area (Å²) >= 11 is 0. The fourth-order valence-electron chi connectivity index (χ4n) is 3.57. The maximum atomic E-state index is 12.7. The number of hydrogen-bond donors (Lipinski definition) is 3. The highest BCUT2D eigenvalue weighted by Crippen LogP contribution is 2.32. The summed E-state index contributed by atoms with van der Waals surface area (Å²) < 4.78 is 0. The third kappa shape index (κ3) is 3.48. The van der Waals surface area contributed by atoms with Gasteiger partial charge >= 0.3 is 0 Å². The van der Waals surface area contributed by atoms with Crippen LogP contribution in [0, 0.1) is 5.41 Å². The summed E-state index contributed by atoms with van der Waals surface area (Å²) in [5.74, 6) is 0.160. The van der Waals surface area contributed by atoms with Crippen molar-refractivity contribution in [3.63, 3.8) is 0 Å². The van der Waals surface area contributed by atoms with Crippen molar-refractivity contribution < 1.29 is 9.90 Å². The lowest BCUT2D eigenvalue weighted by atomic mass is 9.75. The van der Waals surface area contributed by atoms with Crippen molar-refractivity contribution in [3.8, 4) is 0 Å². The van der Waals surface area contributed by atoms with Gasteiger partial charge in [0.1, 0.15) is 0 Å². The van der Waals surface area contributed by atoms with Gasteiger partial charge in [-0.1, -0.05) is 26.2 Å². The summed E-state index contributed by atoms with van der Waals surface area (Å²) in [5.41, 5.74) is -0.246. The summed E-state index contributed by atoms with van der Waals surface area (Å²) in [6.07, 6.45) is 7.59. The summed E-state index contributed by atoms with van der Waals surface area (Å²) in [5, 5.41) is 16.5. The molecule has 0 spiro atoms. The standard InChI is InChI=1S/C15H28N2O2/c1-2-8-15(9-5-10-16-11-15)14(19)17-12-6-3-4-7-13(12)18/h12-13,16,18H,2-11H2,1H3,(H,17,19)/t12-,13-,15?/m0/s1. The van der Waals surface area contributed by atoms with E-state index in [4.69, 9.17) is 0 Å². The average molecular weight is 268 g/mol. The highest BCUT2D eigenvalue weighted by molar-refractivity contribution is 5.83. The zero-order valence-electron chi connectivity index (χ0n) is 12.1. The smallest absolute Gasteiger partial charge is 0.227 e. The van der Waals surface area contributed by atoms with Crippen LogP contribution in [0.4, 0.5) is 0 Å². The molecule has 4 nitrogen and oxygen atoms in total. The minimum Gasteiger partial charge on any atom is -0.391 e. The van der Waals surface area contributed by atoms with Gasteiger partial charge in [-0.2, -0.15) is 0 Å². The van der Waals surface area contributed by atoms with Gasteiger partial charge in [0.2, 0.25) is 5.91 Å². The minimum absolute atomic E-state index is 0.0306. The van der Waals surface area contributed by atoms with Crippen molar-refractivity contribution in [2.24, 2.45) is 5.41 Å². The van der Waals surface area contributed by atoms with E-state index in [9.17, 15) is 9.90 Å². The minimum atomic E-state index is -0.354. The van der Waals surface area contributed by atoms with Crippen LogP contribution in [0.15, 0.2) is 0 Å². The first-order valence-corrected chi connectivity index (χ1v) is 7.88. The maximum absolute atomic E-state index is 12.7. The number of aliphatic hydroxyl groups is 1. The van der Waals surface area contributed by atoms with Gasteiger partial charge < -0.3 is 15.7 Å². The van der Waals surface area contributed by atoms with Crippen LogP contribution < -0.4 is 10.6 Å². The van der Waals surface area contributed by atoms with E-state index in [1.807, 2.05) is 0 Å². The Kier molecular flexibility index (Phi) is 5.22. The first kappa shape index (κ1) is 14.8. The molecular weight excluding hydrogens is 240 g/mol. The molecule has 110 valence electrons. The number of hydrogen-bond acceptors (Lipinski definition) is 3. The Bertz CT molecular complexity index is 295. The molecule has 1 unspecified atom stereocenters. The Morgan fingerprint density at radius 1 is 1.37 bits per heavy atom. The fourth-order valence-corrected chi connectivity index (χ4v) is 3.57. The Labute approximate surface area is 116 Å². The van der Waals surface area contributed by atoms with Crippen LogP contribution in [-0.4, -0.2) is 36.2 Å². The molecule has 1 heterocycles. The largest absolute Gasteiger partial charge is 0.391 e. The van der Waals surface area contributed by atoms with Gasteiger partial charge in [0.05, 0.1) is 17.6 Å². The molecule has 1 aliphatic carbocycles. The Morgan fingerprint density at radius 2 is 2.16 bits per heavy atom. The SMILES string of the molecule is CCCC1(C(=O)N[C@H]2CCCC[C@@H]2O)CCCNC1. The van der Waals surface area contributed by atoms with Crippen LogP contribution in [0.1, 0.15) is 58.3 Å². The number of piperidine rings is 1. The predicted molar refractivity (Wildman–Crippen MR) is 75.9 cm³/mol. The number of nitrogens with one attached hydrogen (secondary N) is 2. The topological polar surface area (TPSA) is 61.4 Å². The van der Waals surface area contributed by atoms with Crippen molar-refractivity contribution in [3.05, 3.63) is 0 Å². The van der Waals surface area contributed by atoms with Crippen molar-refractivity contribution in [2.75, 3.05) is 13.1 Å². The molecule has 1 aliphatic heterocycles. The number of aliphatic hydroxyl groups excluding tert-OH is 1. The monoisotopic (exact) mass is 268 g/mol. The third-order valence-electron chi connectivity index (χ3n) is 4.73. The highest BCUT2D eigenvalue weighted by atomic mass is 16.3. The molecule has 4 heteroatoms. The second kappa shape index (κ2) is 6.71. The van der Waals surface area contributed by atoms with E-state index in [-0.39, 0.29) is 23.5 Å².